The SMILES string of the molecule is Cc1nc(N)cc(NCCN(C)C2CCCC2)n1. The number of nitrogens with zero attached hydrogens (tertiary/aromatic N) is 3. The normalized spacial score (nSPS) is 16.4. The van der Waals surface area contributed by atoms with Gasteiger partial charge in [-0.2, -0.15) is 0 Å². The fraction of sp³-hybridized carbons (Fsp3) is 0.692. The molecule has 0 saturated heterocycles. The fourth-order valence-electron chi connectivity index (χ4n) is 2.57. The van der Waals surface area contributed by atoms with E-state index in [2.05, 4.69) is 27.2 Å². The lowest BCUT2D eigenvalue weighted by atomic mass is 10.2. The molecule has 1 aliphatic carbocycles. The molecule has 0 aromatic carbocycles. The predicted octanol–water partition coefficient (Wildman–Crippen LogP) is 1.65. The highest BCUT2D eigenvalue weighted by Gasteiger charge is 2.18. The molecule has 0 aliphatic heterocycles. The van der Waals surface area contributed by atoms with Gasteiger partial charge in [0.2, 0.25) is 0 Å². The Kier molecular flexibility index (Phi) is 4.36. The number of rotatable bonds is 5. The Hall–Kier alpha value is -1.36. The lowest BCUT2D eigenvalue weighted by Crippen LogP contribution is -2.33. The number of nitrogens with one attached hydrogen (secondary N) is 1. The van der Waals surface area contributed by atoms with Crippen molar-refractivity contribution >= 4 is 11.6 Å². The third kappa shape index (κ3) is 3.57. The van der Waals surface area contributed by atoms with E-state index in [0.717, 1.165) is 24.9 Å². The van der Waals surface area contributed by atoms with Gasteiger partial charge in [-0.05, 0) is 26.8 Å². The lowest BCUT2D eigenvalue weighted by molar-refractivity contribution is 0.254. The molecule has 0 amide bonds. The van der Waals surface area contributed by atoms with E-state index in [1.807, 2.05) is 6.92 Å². The topological polar surface area (TPSA) is 67.1 Å². The summed E-state index contributed by atoms with van der Waals surface area (Å²) in [5.74, 6) is 2.05. The third-order valence-corrected chi connectivity index (χ3v) is 3.58. The summed E-state index contributed by atoms with van der Waals surface area (Å²) in [7, 11) is 2.21. The summed E-state index contributed by atoms with van der Waals surface area (Å²) >= 11 is 0. The Bertz CT molecular complexity index is 367. The van der Waals surface area contributed by atoms with Gasteiger partial charge in [0, 0.05) is 25.2 Å². The van der Waals surface area contributed by atoms with E-state index in [-0.39, 0.29) is 0 Å². The minimum Gasteiger partial charge on any atom is -0.384 e. The van der Waals surface area contributed by atoms with Gasteiger partial charge in [-0.3, -0.25) is 0 Å². The maximum absolute atomic E-state index is 5.69. The van der Waals surface area contributed by atoms with Gasteiger partial charge in [0.25, 0.3) is 0 Å². The number of nitrogen functional groups attached to an aromatic ring is 1. The molecule has 0 unspecified atom stereocenters. The van der Waals surface area contributed by atoms with Crippen molar-refractivity contribution in [2.75, 3.05) is 31.2 Å². The zero-order chi connectivity index (χ0) is 13.0. The number of nitrogens with two attached hydrogens (primary N) is 1. The van der Waals surface area contributed by atoms with Crippen LogP contribution in [0, 0.1) is 6.92 Å². The molecule has 5 nitrogen and oxygen atoms in total. The zero-order valence-electron chi connectivity index (χ0n) is 11.3. The van der Waals surface area contributed by atoms with Crippen molar-refractivity contribution in [2.45, 2.75) is 38.6 Å². The molecule has 1 heterocycles. The third-order valence-electron chi connectivity index (χ3n) is 3.58. The van der Waals surface area contributed by atoms with Crippen molar-refractivity contribution in [2.24, 2.45) is 0 Å². The molecule has 0 radical (unpaired) electrons. The molecule has 5 heteroatoms. The quantitative estimate of drug-likeness (QED) is 0.830. The molecular weight excluding hydrogens is 226 g/mol. The van der Waals surface area contributed by atoms with Gasteiger partial charge in [-0.1, -0.05) is 12.8 Å². The summed E-state index contributed by atoms with van der Waals surface area (Å²) in [4.78, 5) is 10.8. The van der Waals surface area contributed by atoms with Crippen molar-refractivity contribution in [3.05, 3.63) is 11.9 Å². The van der Waals surface area contributed by atoms with Gasteiger partial charge in [0.15, 0.2) is 0 Å². The number of hydrogen-bond acceptors (Lipinski definition) is 5. The number of anilines is 2. The van der Waals surface area contributed by atoms with Gasteiger partial charge in [-0.15, -0.1) is 0 Å². The second kappa shape index (κ2) is 6.00. The van der Waals surface area contributed by atoms with E-state index in [9.17, 15) is 0 Å². The molecule has 1 fully saturated rings. The Morgan fingerprint density at radius 2 is 2.11 bits per heavy atom. The molecule has 2 rings (SSSR count). The Labute approximate surface area is 109 Å². The first-order valence-corrected chi connectivity index (χ1v) is 6.70. The summed E-state index contributed by atoms with van der Waals surface area (Å²) in [6.45, 7) is 3.78. The molecule has 18 heavy (non-hydrogen) atoms. The predicted molar refractivity (Wildman–Crippen MR) is 74.6 cm³/mol. The van der Waals surface area contributed by atoms with Crippen molar-refractivity contribution in [3.63, 3.8) is 0 Å². The van der Waals surface area contributed by atoms with Crippen LogP contribution in [0.2, 0.25) is 0 Å². The smallest absolute Gasteiger partial charge is 0.131 e. The van der Waals surface area contributed by atoms with E-state index < -0.39 is 0 Å². The average Bonchev–Trinajstić information content (AvgIpc) is 2.80. The van der Waals surface area contributed by atoms with Crippen LogP contribution >= 0.6 is 0 Å². The van der Waals surface area contributed by atoms with Crippen LogP contribution in [0.15, 0.2) is 6.07 Å². The largest absolute Gasteiger partial charge is 0.384 e. The summed E-state index contributed by atoms with van der Waals surface area (Å²) < 4.78 is 0. The van der Waals surface area contributed by atoms with Crippen molar-refractivity contribution in [3.8, 4) is 0 Å². The first kappa shape index (κ1) is 13.1. The first-order valence-electron chi connectivity index (χ1n) is 6.70. The number of aromatic nitrogens is 2. The minimum absolute atomic E-state index is 0.522. The first-order chi connectivity index (χ1) is 8.65. The molecule has 0 atom stereocenters. The summed E-state index contributed by atoms with van der Waals surface area (Å²) in [5, 5.41) is 3.31. The van der Waals surface area contributed by atoms with Gasteiger partial charge in [-0.25, -0.2) is 9.97 Å². The Morgan fingerprint density at radius 3 is 2.78 bits per heavy atom. The van der Waals surface area contributed by atoms with Gasteiger partial charge in [0.1, 0.15) is 17.5 Å². The molecular formula is C13H23N5. The molecule has 0 spiro atoms. The Balaban J connectivity index is 1.77. The molecule has 1 aliphatic rings. The van der Waals surface area contributed by atoms with Crippen molar-refractivity contribution in [1.82, 2.24) is 14.9 Å². The van der Waals surface area contributed by atoms with Crippen molar-refractivity contribution in [1.29, 1.82) is 0 Å². The van der Waals surface area contributed by atoms with Crippen LogP contribution < -0.4 is 11.1 Å². The van der Waals surface area contributed by atoms with Gasteiger partial charge in [0.05, 0.1) is 0 Å². The van der Waals surface area contributed by atoms with Gasteiger partial charge < -0.3 is 16.0 Å². The maximum Gasteiger partial charge on any atom is 0.131 e. The van der Waals surface area contributed by atoms with Crippen LogP contribution in [-0.2, 0) is 0 Å². The molecule has 100 valence electrons. The van der Waals surface area contributed by atoms with Crippen LogP contribution in [-0.4, -0.2) is 41.0 Å². The second-order valence-electron chi connectivity index (χ2n) is 5.07. The maximum atomic E-state index is 5.69. The molecule has 3 N–H and O–H groups in total. The number of hydrogen-bond donors (Lipinski definition) is 2. The number of likely N-dealkylation sites (N-methyl/N-ethyl adjacent to an activating group) is 1. The van der Waals surface area contributed by atoms with Crippen LogP contribution in [0.5, 0.6) is 0 Å². The minimum atomic E-state index is 0.522. The van der Waals surface area contributed by atoms with E-state index in [1.54, 1.807) is 6.07 Å². The van der Waals surface area contributed by atoms with Crippen LogP contribution in [0.1, 0.15) is 31.5 Å². The van der Waals surface area contributed by atoms with Crippen LogP contribution in [0.3, 0.4) is 0 Å². The highest BCUT2D eigenvalue weighted by Crippen LogP contribution is 2.21. The molecule has 0 bridgehead atoms. The van der Waals surface area contributed by atoms with Crippen molar-refractivity contribution < 1.29 is 0 Å². The molecule has 1 saturated carbocycles. The lowest BCUT2D eigenvalue weighted by Gasteiger charge is -2.24. The number of aryl methyl sites for hydroxylation is 1. The Morgan fingerprint density at radius 1 is 1.39 bits per heavy atom. The van der Waals surface area contributed by atoms with E-state index in [0.29, 0.717) is 11.6 Å². The summed E-state index contributed by atoms with van der Waals surface area (Å²) in [6, 6.07) is 2.55. The van der Waals surface area contributed by atoms with Crippen LogP contribution in [0.4, 0.5) is 11.6 Å². The molecule has 1 aromatic rings. The molecule has 1 aromatic heterocycles. The van der Waals surface area contributed by atoms with E-state index in [4.69, 9.17) is 5.73 Å². The summed E-state index contributed by atoms with van der Waals surface area (Å²) in [5.41, 5.74) is 5.69. The van der Waals surface area contributed by atoms with E-state index >= 15 is 0 Å². The highest BCUT2D eigenvalue weighted by atomic mass is 15.2. The average molecular weight is 249 g/mol. The monoisotopic (exact) mass is 249 g/mol. The standard InChI is InChI=1S/C13H23N5/c1-10-16-12(14)9-13(17-10)15-7-8-18(2)11-5-3-4-6-11/h9,11H,3-8H2,1-2H3,(H3,14,15,16,17). The second-order valence-corrected chi connectivity index (χ2v) is 5.07. The van der Waals surface area contributed by atoms with E-state index in [1.165, 1.54) is 25.7 Å². The highest BCUT2D eigenvalue weighted by molar-refractivity contribution is 5.44. The summed E-state index contributed by atoms with van der Waals surface area (Å²) in [6.07, 6.45) is 5.44. The zero-order valence-corrected chi connectivity index (χ0v) is 11.3. The fourth-order valence-corrected chi connectivity index (χ4v) is 2.57. The van der Waals surface area contributed by atoms with Gasteiger partial charge >= 0.3 is 0 Å². The van der Waals surface area contributed by atoms with Crippen LogP contribution in [0.25, 0.3) is 0 Å².